The van der Waals surface area contributed by atoms with Gasteiger partial charge >= 0.3 is 0 Å². The summed E-state index contributed by atoms with van der Waals surface area (Å²) in [4.78, 5) is 12.1. The fourth-order valence-corrected chi connectivity index (χ4v) is 3.41. The molecule has 1 aromatic rings. The standard InChI is InChI=1S/C13H20N2O2S/c14-12(17)10-5-11(18-7-10)6-15-8-13(9-16)3-1-2-4-13/h5,7,15-16H,1-4,6,8-9H2,(H2,14,17). The molecule has 4 nitrogen and oxygen atoms in total. The van der Waals surface area contributed by atoms with Crippen molar-refractivity contribution >= 4 is 17.2 Å². The molecule has 1 saturated carbocycles. The molecule has 0 atom stereocenters. The van der Waals surface area contributed by atoms with Gasteiger partial charge in [-0.05, 0) is 18.9 Å². The Bertz CT molecular complexity index is 411. The first-order valence-electron chi connectivity index (χ1n) is 6.34. The molecule has 0 saturated heterocycles. The minimum atomic E-state index is -0.375. The van der Waals surface area contributed by atoms with Crippen LogP contribution >= 0.6 is 11.3 Å². The summed E-state index contributed by atoms with van der Waals surface area (Å²) in [6.07, 6.45) is 4.64. The summed E-state index contributed by atoms with van der Waals surface area (Å²) in [6, 6.07) is 1.83. The first kappa shape index (κ1) is 13.5. The molecular weight excluding hydrogens is 248 g/mol. The van der Waals surface area contributed by atoms with E-state index in [-0.39, 0.29) is 17.9 Å². The highest BCUT2D eigenvalue weighted by Crippen LogP contribution is 2.36. The normalized spacial score (nSPS) is 18.1. The summed E-state index contributed by atoms with van der Waals surface area (Å²) < 4.78 is 0. The predicted molar refractivity (Wildman–Crippen MR) is 72.5 cm³/mol. The zero-order valence-corrected chi connectivity index (χ0v) is 11.3. The second-order valence-corrected chi connectivity index (χ2v) is 6.13. The van der Waals surface area contributed by atoms with Crippen molar-refractivity contribution in [2.24, 2.45) is 11.1 Å². The third kappa shape index (κ3) is 3.10. The molecule has 5 heteroatoms. The maximum Gasteiger partial charge on any atom is 0.249 e. The van der Waals surface area contributed by atoms with E-state index in [9.17, 15) is 9.90 Å². The highest BCUT2D eigenvalue weighted by molar-refractivity contribution is 7.10. The highest BCUT2D eigenvalue weighted by Gasteiger charge is 2.32. The van der Waals surface area contributed by atoms with E-state index in [1.54, 1.807) is 16.7 Å². The average molecular weight is 268 g/mol. The van der Waals surface area contributed by atoms with Crippen LogP contribution in [0.2, 0.25) is 0 Å². The Morgan fingerprint density at radius 3 is 2.78 bits per heavy atom. The lowest BCUT2D eigenvalue weighted by atomic mass is 9.87. The molecule has 0 bridgehead atoms. The summed E-state index contributed by atoms with van der Waals surface area (Å²) in [7, 11) is 0. The summed E-state index contributed by atoms with van der Waals surface area (Å²) in [5.74, 6) is -0.375. The zero-order chi connectivity index (χ0) is 13.0. The Labute approximate surface area is 111 Å². The molecule has 4 N–H and O–H groups in total. The summed E-state index contributed by atoms with van der Waals surface area (Å²) in [5, 5.41) is 14.7. The molecule has 0 spiro atoms. The topological polar surface area (TPSA) is 75.4 Å². The molecule has 1 aromatic heterocycles. The Morgan fingerprint density at radius 2 is 2.22 bits per heavy atom. The van der Waals surface area contributed by atoms with E-state index in [2.05, 4.69) is 5.32 Å². The molecule has 1 fully saturated rings. The molecule has 2 rings (SSSR count). The Morgan fingerprint density at radius 1 is 1.50 bits per heavy atom. The number of carbonyl (C=O) groups is 1. The van der Waals surface area contributed by atoms with E-state index in [0.717, 1.165) is 30.8 Å². The van der Waals surface area contributed by atoms with Crippen LogP contribution in [0.15, 0.2) is 11.4 Å². The molecule has 18 heavy (non-hydrogen) atoms. The van der Waals surface area contributed by atoms with Crippen molar-refractivity contribution in [2.75, 3.05) is 13.2 Å². The van der Waals surface area contributed by atoms with Gasteiger partial charge in [0.15, 0.2) is 0 Å². The van der Waals surface area contributed by atoms with Gasteiger partial charge in [-0.2, -0.15) is 0 Å². The lowest BCUT2D eigenvalue weighted by molar-refractivity contribution is 0.100. The van der Waals surface area contributed by atoms with Crippen LogP contribution in [0.5, 0.6) is 0 Å². The van der Waals surface area contributed by atoms with Gasteiger partial charge in [-0.25, -0.2) is 0 Å². The fourth-order valence-electron chi connectivity index (χ4n) is 2.57. The monoisotopic (exact) mass is 268 g/mol. The van der Waals surface area contributed by atoms with Crippen molar-refractivity contribution in [2.45, 2.75) is 32.2 Å². The molecule has 1 heterocycles. The van der Waals surface area contributed by atoms with Gasteiger partial charge in [0.25, 0.3) is 0 Å². The molecule has 0 radical (unpaired) electrons. The number of hydrogen-bond acceptors (Lipinski definition) is 4. The lowest BCUT2D eigenvalue weighted by Gasteiger charge is -2.26. The largest absolute Gasteiger partial charge is 0.396 e. The fraction of sp³-hybridized carbons (Fsp3) is 0.615. The van der Waals surface area contributed by atoms with Crippen LogP contribution in [0.4, 0.5) is 0 Å². The Kier molecular flexibility index (Phi) is 4.37. The van der Waals surface area contributed by atoms with Gasteiger partial charge in [0.2, 0.25) is 5.91 Å². The maximum atomic E-state index is 11.0. The second-order valence-electron chi connectivity index (χ2n) is 5.13. The van der Waals surface area contributed by atoms with Crippen LogP contribution in [-0.2, 0) is 6.54 Å². The summed E-state index contributed by atoms with van der Waals surface area (Å²) >= 11 is 1.54. The van der Waals surface area contributed by atoms with Gasteiger partial charge in [0.05, 0.1) is 5.56 Å². The quantitative estimate of drug-likeness (QED) is 0.731. The second kappa shape index (κ2) is 5.82. The van der Waals surface area contributed by atoms with Crippen LogP contribution in [0, 0.1) is 5.41 Å². The first-order valence-corrected chi connectivity index (χ1v) is 7.22. The molecule has 0 aliphatic heterocycles. The number of nitrogens with two attached hydrogens (primary N) is 1. The van der Waals surface area contributed by atoms with E-state index >= 15 is 0 Å². The number of thiophene rings is 1. The van der Waals surface area contributed by atoms with Crippen LogP contribution in [0.25, 0.3) is 0 Å². The number of aliphatic hydroxyl groups excluding tert-OH is 1. The number of primary amides is 1. The number of nitrogens with one attached hydrogen (secondary N) is 1. The number of hydrogen-bond donors (Lipinski definition) is 3. The van der Waals surface area contributed by atoms with Gasteiger partial charge in [0.1, 0.15) is 0 Å². The van der Waals surface area contributed by atoms with Crippen molar-refractivity contribution in [3.8, 4) is 0 Å². The first-order chi connectivity index (χ1) is 8.65. The lowest BCUT2D eigenvalue weighted by Crippen LogP contribution is -2.34. The van der Waals surface area contributed by atoms with E-state index in [4.69, 9.17) is 5.73 Å². The van der Waals surface area contributed by atoms with E-state index < -0.39 is 0 Å². The molecule has 100 valence electrons. The molecule has 0 aromatic carbocycles. The van der Waals surface area contributed by atoms with Crippen LogP contribution in [0.3, 0.4) is 0 Å². The minimum absolute atomic E-state index is 0.0732. The third-order valence-electron chi connectivity index (χ3n) is 3.74. The zero-order valence-electron chi connectivity index (χ0n) is 10.4. The minimum Gasteiger partial charge on any atom is -0.396 e. The van der Waals surface area contributed by atoms with Crippen molar-refractivity contribution in [1.82, 2.24) is 5.32 Å². The van der Waals surface area contributed by atoms with Crippen molar-refractivity contribution < 1.29 is 9.90 Å². The smallest absolute Gasteiger partial charge is 0.249 e. The summed E-state index contributed by atoms with van der Waals surface area (Å²) in [6.45, 7) is 1.84. The molecule has 1 aliphatic rings. The summed E-state index contributed by atoms with van der Waals surface area (Å²) in [5.41, 5.74) is 5.86. The average Bonchev–Trinajstić information content (AvgIpc) is 2.98. The molecule has 0 unspecified atom stereocenters. The number of carbonyl (C=O) groups excluding carboxylic acids is 1. The molecule has 1 amide bonds. The third-order valence-corrected chi connectivity index (χ3v) is 4.67. The van der Waals surface area contributed by atoms with E-state index in [0.29, 0.717) is 5.56 Å². The Balaban J connectivity index is 1.82. The number of aliphatic hydroxyl groups is 1. The van der Waals surface area contributed by atoms with E-state index in [1.165, 1.54) is 12.8 Å². The van der Waals surface area contributed by atoms with Crippen LogP contribution in [0.1, 0.15) is 40.9 Å². The van der Waals surface area contributed by atoms with Gasteiger partial charge in [-0.3, -0.25) is 4.79 Å². The van der Waals surface area contributed by atoms with Crippen molar-refractivity contribution in [3.63, 3.8) is 0 Å². The van der Waals surface area contributed by atoms with Gasteiger partial charge in [0, 0.05) is 35.4 Å². The van der Waals surface area contributed by atoms with Crippen molar-refractivity contribution in [1.29, 1.82) is 0 Å². The highest BCUT2D eigenvalue weighted by atomic mass is 32.1. The maximum absolute atomic E-state index is 11.0. The molecular formula is C13H20N2O2S. The van der Waals surface area contributed by atoms with Gasteiger partial charge in [-0.15, -0.1) is 11.3 Å². The molecule has 1 aliphatic carbocycles. The van der Waals surface area contributed by atoms with Crippen molar-refractivity contribution in [3.05, 3.63) is 21.9 Å². The number of rotatable bonds is 6. The van der Waals surface area contributed by atoms with Crippen LogP contribution in [-0.4, -0.2) is 24.2 Å². The van der Waals surface area contributed by atoms with E-state index in [1.807, 2.05) is 6.07 Å². The number of amides is 1. The SMILES string of the molecule is NC(=O)c1csc(CNCC2(CO)CCCC2)c1. The Hall–Kier alpha value is -0.910. The van der Waals surface area contributed by atoms with Gasteiger partial charge < -0.3 is 16.2 Å². The predicted octanol–water partition coefficient (Wildman–Crippen LogP) is 1.49. The van der Waals surface area contributed by atoms with Gasteiger partial charge in [-0.1, -0.05) is 12.8 Å². The van der Waals surface area contributed by atoms with Crippen LogP contribution < -0.4 is 11.1 Å².